The van der Waals surface area contributed by atoms with E-state index in [-0.39, 0.29) is 17.0 Å². The Kier molecular flexibility index (Phi) is 6.39. The fraction of sp³-hybridized carbons (Fsp3) is 0.429. The first kappa shape index (κ1) is 20.4. The van der Waals surface area contributed by atoms with Crippen LogP contribution in [0.5, 0.6) is 0 Å². The van der Waals surface area contributed by atoms with Crippen molar-refractivity contribution >= 4 is 29.0 Å². The number of nitrogens with one attached hydrogen (secondary N) is 2. The van der Waals surface area contributed by atoms with Gasteiger partial charge in [0, 0.05) is 49.7 Å². The minimum atomic E-state index is -0.521. The third-order valence-corrected chi connectivity index (χ3v) is 5.44. The summed E-state index contributed by atoms with van der Waals surface area (Å²) in [4.78, 5) is 18.9. The minimum Gasteiger partial charge on any atom is -0.377 e. The summed E-state index contributed by atoms with van der Waals surface area (Å²) >= 11 is 5.76. The third-order valence-electron chi connectivity index (χ3n) is 5.15. The van der Waals surface area contributed by atoms with Crippen LogP contribution >= 0.6 is 11.6 Å². The molecule has 1 fully saturated rings. The fourth-order valence-corrected chi connectivity index (χ4v) is 3.75. The predicted molar refractivity (Wildman–Crippen MR) is 112 cm³/mol. The number of halogens is 2. The summed E-state index contributed by atoms with van der Waals surface area (Å²) in [5, 5.41) is 6.50. The Labute approximate surface area is 170 Å². The van der Waals surface area contributed by atoms with Crippen molar-refractivity contribution < 1.29 is 9.18 Å². The van der Waals surface area contributed by atoms with Crippen LogP contribution in [0.1, 0.15) is 41.6 Å². The Bertz CT molecular complexity index is 850. The molecule has 7 heteroatoms. The molecule has 0 bridgehead atoms. The normalized spacial score (nSPS) is 19.2. The topological polar surface area (TPSA) is 57.3 Å². The van der Waals surface area contributed by atoms with Gasteiger partial charge >= 0.3 is 0 Å². The molecule has 28 heavy (non-hydrogen) atoms. The predicted octanol–water partition coefficient (Wildman–Crippen LogP) is 4.40. The Morgan fingerprint density at radius 2 is 1.86 bits per heavy atom. The molecule has 0 spiro atoms. The lowest BCUT2D eigenvalue weighted by atomic mass is 9.91. The number of nitrogens with zero attached hydrogens (tertiary/aromatic N) is 2. The number of rotatable bonds is 5. The number of hydrogen-bond acceptors (Lipinski definition) is 4. The number of aromatic nitrogens is 1. The van der Waals surface area contributed by atoms with Gasteiger partial charge in [-0.15, -0.1) is 0 Å². The monoisotopic (exact) mass is 404 g/mol. The van der Waals surface area contributed by atoms with E-state index in [2.05, 4.69) is 26.6 Å². The Morgan fingerprint density at radius 1 is 1.18 bits per heavy atom. The summed E-state index contributed by atoms with van der Waals surface area (Å²) in [6.45, 7) is 2.05. The molecule has 1 aliphatic rings. The van der Waals surface area contributed by atoms with E-state index in [1.165, 1.54) is 18.2 Å². The van der Waals surface area contributed by atoms with Crippen LogP contribution < -0.4 is 15.5 Å². The molecule has 1 amide bonds. The zero-order chi connectivity index (χ0) is 20.3. The second kappa shape index (κ2) is 8.78. The number of benzene rings is 1. The van der Waals surface area contributed by atoms with Crippen molar-refractivity contribution in [2.75, 3.05) is 24.3 Å². The zero-order valence-electron chi connectivity index (χ0n) is 16.4. The molecule has 0 atom stereocenters. The van der Waals surface area contributed by atoms with Gasteiger partial charge in [0.25, 0.3) is 5.91 Å². The van der Waals surface area contributed by atoms with E-state index in [1.807, 2.05) is 27.2 Å². The van der Waals surface area contributed by atoms with Crippen molar-refractivity contribution in [1.29, 1.82) is 0 Å². The summed E-state index contributed by atoms with van der Waals surface area (Å²) in [6.07, 6.45) is 5.54. The van der Waals surface area contributed by atoms with E-state index in [4.69, 9.17) is 11.6 Å². The maximum Gasteiger partial charge on any atom is 0.251 e. The largest absolute Gasteiger partial charge is 0.377 e. The maximum absolute atomic E-state index is 13.3. The highest BCUT2D eigenvalue weighted by atomic mass is 35.5. The van der Waals surface area contributed by atoms with Gasteiger partial charge in [-0.1, -0.05) is 11.6 Å². The lowest BCUT2D eigenvalue weighted by Crippen LogP contribution is -2.40. The maximum atomic E-state index is 13.3. The van der Waals surface area contributed by atoms with Gasteiger partial charge in [0.1, 0.15) is 11.6 Å². The molecule has 2 N–H and O–H groups in total. The number of hydrogen-bond donors (Lipinski definition) is 2. The standard InChI is InChI=1S/C21H26ClFN4O/c1-13-12-24-20(11-19(13)27(2)3)25-15-5-7-16(8-6-15)26-21(28)14-4-9-18(23)17(22)10-14/h4,9-12,15-16H,5-8H2,1-3H3,(H,24,25)(H,26,28)/t15-,16+. The summed E-state index contributed by atoms with van der Waals surface area (Å²) in [7, 11) is 4.04. The first-order chi connectivity index (χ1) is 13.3. The fourth-order valence-electron chi connectivity index (χ4n) is 3.57. The van der Waals surface area contributed by atoms with E-state index < -0.39 is 5.82 Å². The van der Waals surface area contributed by atoms with Gasteiger partial charge in [-0.3, -0.25) is 4.79 Å². The zero-order valence-corrected chi connectivity index (χ0v) is 17.2. The van der Waals surface area contributed by atoms with Crippen LogP contribution in [0, 0.1) is 12.7 Å². The number of amides is 1. The first-order valence-corrected chi connectivity index (χ1v) is 9.87. The van der Waals surface area contributed by atoms with Crippen molar-refractivity contribution in [2.45, 2.75) is 44.7 Å². The van der Waals surface area contributed by atoms with Gasteiger partial charge in [0.2, 0.25) is 0 Å². The molecule has 0 radical (unpaired) electrons. The van der Waals surface area contributed by atoms with Crippen molar-refractivity contribution in [3.63, 3.8) is 0 Å². The van der Waals surface area contributed by atoms with Crippen molar-refractivity contribution in [3.8, 4) is 0 Å². The molecule has 0 saturated heterocycles. The van der Waals surface area contributed by atoms with E-state index in [0.717, 1.165) is 42.8 Å². The van der Waals surface area contributed by atoms with E-state index >= 15 is 0 Å². The van der Waals surface area contributed by atoms with Gasteiger partial charge in [-0.2, -0.15) is 0 Å². The highest BCUT2D eigenvalue weighted by molar-refractivity contribution is 6.31. The molecule has 2 aromatic rings. The summed E-state index contributed by atoms with van der Waals surface area (Å²) in [6, 6.07) is 6.55. The van der Waals surface area contributed by atoms with Gasteiger partial charge in [0.05, 0.1) is 5.02 Å². The van der Waals surface area contributed by atoms with Crippen molar-refractivity contribution in [1.82, 2.24) is 10.3 Å². The van der Waals surface area contributed by atoms with Gasteiger partial charge in [-0.25, -0.2) is 9.37 Å². The second-order valence-electron chi connectivity index (χ2n) is 7.55. The summed E-state index contributed by atoms with van der Waals surface area (Å²) in [5.74, 6) is 0.142. The molecular weight excluding hydrogens is 379 g/mol. The van der Waals surface area contributed by atoms with Crippen molar-refractivity contribution in [3.05, 3.63) is 52.4 Å². The van der Waals surface area contributed by atoms with Crippen LogP contribution in [-0.2, 0) is 0 Å². The number of anilines is 2. The Hall–Kier alpha value is -2.34. The lowest BCUT2D eigenvalue weighted by molar-refractivity contribution is 0.0926. The average Bonchev–Trinajstić information content (AvgIpc) is 2.66. The Morgan fingerprint density at radius 3 is 2.50 bits per heavy atom. The summed E-state index contributed by atoms with van der Waals surface area (Å²) in [5.41, 5.74) is 2.67. The van der Waals surface area contributed by atoms with Crippen LogP contribution in [-0.4, -0.2) is 37.1 Å². The quantitative estimate of drug-likeness (QED) is 0.775. The van der Waals surface area contributed by atoms with E-state index in [0.29, 0.717) is 11.6 Å². The summed E-state index contributed by atoms with van der Waals surface area (Å²) < 4.78 is 13.3. The molecular formula is C21H26ClFN4O. The van der Waals surface area contributed by atoms with E-state index in [1.54, 1.807) is 0 Å². The number of carbonyl (C=O) groups excluding carboxylic acids is 1. The molecule has 0 unspecified atom stereocenters. The van der Waals surface area contributed by atoms with Crippen LogP contribution in [0.4, 0.5) is 15.9 Å². The van der Waals surface area contributed by atoms with Gasteiger partial charge < -0.3 is 15.5 Å². The highest BCUT2D eigenvalue weighted by Gasteiger charge is 2.23. The molecule has 3 rings (SSSR count). The van der Waals surface area contributed by atoms with Gasteiger partial charge in [0.15, 0.2) is 0 Å². The SMILES string of the molecule is Cc1cnc(N[C@H]2CC[C@@H](NC(=O)c3ccc(F)c(Cl)c3)CC2)cc1N(C)C. The lowest BCUT2D eigenvalue weighted by Gasteiger charge is -2.30. The smallest absolute Gasteiger partial charge is 0.251 e. The minimum absolute atomic E-state index is 0.0387. The molecule has 1 aromatic heterocycles. The Balaban J connectivity index is 1.52. The molecule has 1 heterocycles. The molecule has 1 aliphatic carbocycles. The first-order valence-electron chi connectivity index (χ1n) is 9.50. The van der Waals surface area contributed by atoms with Crippen molar-refractivity contribution in [2.24, 2.45) is 0 Å². The third kappa shape index (κ3) is 4.93. The van der Waals surface area contributed by atoms with Crippen LogP contribution in [0.3, 0.4) is 0 Å². The van der Waals surface area contributed by atoms with Gasteiger partial charge in [-0.05, 0) is 56.4 Å². The number of pyridine rings is 1. The average molecular weight is 405 g/mol. The van der Waals surface area contributed by atoms with Crippen LogP contribution in [0.25, 0.3) is 0 Å². The number of aryl methyl sites for hydroxylation is 1. The molecule has 5 nitrogen and oxygen atoms in total. The molecule has 0 aliphatic heterocycles. The van der Waals surface area contributed by atoms with Crippen LogP contribution in [0.2, 0.25) is 5.02 Å². The van der Waals surface area contributed by atoms with Crippen LogP contribution in [0.15, 0.2) is 30.5 Å². The highest BCUT2D eigenvalue weighted by Crippen LogP contribution is 2.25. The second-order valence-corrected chi connectivity index (χ2v) is 7.95. The molecule has 150 valence electrons. The van der Waals surface area contributed by atoms with E-state index in [9.17, 15) is 9.18 Å². The number of carbonyl (C=O) groups is 1. The molecule has 1 aromatic carbocycles. The molecule has 1 saturated carbocycles.